The van der Waals surface area contributed by atoms with Crippen LogP contribution in [-0.4, -0.2) is 37.2 Å². The molecule has 0 amide bonds. The highest BCUT2D eigenvalue weighted by atomic mass is 16.6. The Morgan fingerprint density at radius 1 is 0.267 bits per heavy atom. The van der Waals surface area contributed by atoms with Crippen LogP contribution in [0.15, 0.2) is 48.6 Å². The van der Waals surface area contributed by atoms with Gasteiger partial charge in [-0.3, -0.25) is 14.4 Å². The predicted octanol–water partition coefficient (Wildman–Crippen LogP) is 22.6. The molecule has 0 rings (SSSR count). The smallest absolute Gasteiger partial charge is 0.306 e. The second-order valence-electron chi connectivity index (χ2n) is 22.4. The summed E-state index contributed by atoms with van der Waals surface area (Å²) in [6, 6.07) is 0. The number of hydrogen-bond donors (Lipinski definition) is 0. The van der Waals surface area contributed by atoms with Crippen LogP contribution in [0.4, 0.5) is 0 Å². The molecule has 438 valence electrons. The number of ether oxygens (including phenoxy) is 3. The van der Waals surface area contributed by atoms with Crippen LogP contribution in [0, 0.1) is 0 Å². The molecule has 0 radical (unpaired) electrons. The van der Waals surface area contributed by atoms with Gasteiger partial charge in [0.15, 0.2) is 6.10 Å². The monoisotopic (exact) mass is 1050 g/mol. The van der Waals surface area contributed by atoms with Crippen molar-refractivity contribution in [1.29, 1.82) is 0 Å². The van der Waals surface area contributed by atoms with Crippen molar-refractivity contribution in [3.05, 3.63) is 48.6 Å². The first-order valence-corrected chi connectivity index (χ1v) is 33.1. The van der Waals surface area contributed by atoms with Crippen molar-refractivity contribution in [2.75, 3.05) is 13.2 Å². The fourth-order valence-electron chi connectivity index (χ4n) is 9.81. The first kappa shape index (κ1) is 72.4. The van der Waals surface area contributed by atoms with Crippen LogP contribution in [0.3, 0.4) is 0 Å². The minimum absolute atomic E-state index is 0.0780. The minimum Gasteiger partial charge on any atom is -0.462 e. The van der Waals surface area contributed by atoms with Crippen LogP contribution < -0.4 is 0 Å². The van der Waals surface area contributed by atoms with Gasteiger partial charge in [0.2, 0.25) is 0 Å². The highest BCUT2D eigenvalue weighted by molar-refractivity contribution is 5.71. The second kappa shape index (κ2) is 63.9. The summed E-state index contributed by atoms with van der Waals surface area (Å²) in [7, 11) is 0. The summed E-state index contributed by atoms with van der Waals surface area (Å²) >= 11 is 0. The van der Waals surface area contributed by atoms with E-state index in [1.54, 1.807) is 0 Å². The van der Waals surface area contributed by atoms with E-state index >= 15 is 0 Å². The second-order valence-corrected chi connectivity index (χ2v) is 22.4. The van der Waals surface area contributed by atoms with Gasteiger partial charge in [0.25, 0.3) is 0 Å². The molecule has 0 saturated heterocycles. The molecule has 1 atom stereocenters. The lowest BCUT2D eigenvalue weighted by Crippen LogP contribution is -2.30. The molecule has 0 aromatic heterocycles. The lowest BCUT2D eigenvalue weighted by molar-refractivity contribution is -0.167. The van der Waals surface area contributed by atoms with E-state index in [-0.39, 0.29) is 31.1 Å². The van der Waals surface area contributed by atoms with E-state index in [2.05, 4.69) is 69.4 Å². The van der Waals surface area contributed by atoms with E-state index in [1.807, 2.05) is 0 Å². The van der Waals surface area contributed by atoms with E-state index in [9.17, 15) is 14.4 Å². The number of carbonyl (C=O) groups is 3. The summed E-state index contributed by atoms with van der Waals surface area (Å²) in [5, 5.41) is 0. The first-order valence-electron chi connectivity index (χ1n) is 33.1. The average molecular weight is 1050 g/mol. The van der Waals surface area contributed by atoms with E-state index in [4.69, 9.17) is 14.2 Å². The largest absolute Gasteiger partial charge is 0.462 e. The van der Waals surface area contributed by atoms with Gasteiger partial charge in [0.05, 0.1) is 0 Å². The number of allylic oxidation sites excluding steroid dienone is 8. The van der Waals surface area contributed by atoms with Gasteiger partial charge in [-0.15, -0.1) is 0 Å². The molecule has 6 nitrogen and oxygen atoms in total. The molecule has 0 fully saturated rings. The van der Waals surface area contributed by atoms with E-state index in [1.165, 1.54) is 218 Å². The van der Waals surface area contributed by atoms with Crippen molar-refractivity contribution in [1.82, 2.24) is 0 Å². The molecule has 0 N–H and O–H groups in total. The van der Waals surface area contributed by atoms with Gasteiger partial charge in [-0.1, -0.05) is 307 Å². The Balaban J connectivity index is 4.15. The van der Waals surface area contributed by atoms with Crippen molar-refractivity contribution >= 4 is 17.9 Å². The van der Waals surface area contributed by atoms with Crippen molar-refractivity contribution in [3.8, 4) is 0 Å². The van der Waals surface area contributed by atoms with Crippen LogP contribution in [0.25, 0.3) is 0 Å². The normalized spacial score (nSPS) is 12.3. The van der Waals surface area contributed by atoms with Gasteiger partial charge in [0, 0.05) is 19.3 Å². The first-order chi connectivity index (χ1) is 37.0. The Bertz CT molecular complexity index is 1300. The SMILES string of the molecule is CCC/C=C\CCCCCCCC(=O)OCC(COC(=O)CCCCCCCCCCCCCCCCCCCCCCCCCCCCCC)OC(=O)CCCCCCCC/C=C\C/C=C\C/C=C\CCCCC. The van der Waals surface area contributed by atoms with Gasteiger partial charge in [-0.05, 0) is 77.0 Å². The van der Waals surface area contributed by atoms with E-state index < -0.39 is 6.10 Å². The van der Waals surface area contributed by atoms with Crippen molar-refractivity contribution < 1.29 is 28.6 Å². The lowest BCUT2D eigenvalue weighted by Gasteiger charge is -2.18. The molecule has 0 aliphatic rings. The molecule has 0 bridgehead atoms. The molecule has 0 heterocycles. The third kappa shape index (κ3) is 62.1. The molecule has 0 saturated carbocycles. The zero-order valence-electron chi connectivity index (χ0n) is 50.3. The van der Waals surface area contributed by atoms with Crippen LogP contribution >= 0.6 is 0 Å². The number of rotatable bonds is 61. The van der Waals surface area contributed by atoms with E-state index in [0.29, 0.717) is 19.3 Å². The standard InChI is InChI=1S/C69H126O6/c1-4-7-10-13-16-19-22-24-26-28-30-31-32-33-34-35-36-37-38-40-41-43-45-47-50-53-56-59-62-68(71)74-65-66(64-73-67(70)61-58-55-52-49-21-18-15-12-9-6-3)75-69(72)63-60-57-54-51-48-46-44-42-39-29-27-25-23-20-17-14-11-8-5-2/h12,15,17,20,25,27,39,42,66H,4-11,13-14,16,18-19,21-24,26,28-38,40-41,43-65H2,1-3H3/b15-12-,20-17-,27-25-,42-39-. The molecule has 0 aliphatic carbocycles. The zero-order valence-corrected chi connectivity index (χ0v) is 50.3. The summed E-state index contributed by atoms with van der Waals surface area (Å²) in [5.74, 6) is -0.883. The average Bonchev–Trinajstić information content (AvgIpc) is 3.41. The maximum Gasteiger partial charge on any atom is 0.306 e. The molecular weight excluding hydrogens is 925 g/mol. The fourth-order valence-corrected chi connectivity index (χ4v) is 9.81. The van der Waals surface area contributed by atoms with Gasteiger partial charge >= 0.3 is 17.9 Å². The number of esters is 3. The minimum atomic E-state index is -0.782. The molecule has 6 heteroatoms. The van der Waals surface area contributed by atoms with Gasteiger partial charge in [-0.25, -0.2) is 0 Å². The lowest BCUT2D eigenvalue weighted by atomic mass is 10.0. The summed E-state index contributed by atoms with van der Waals surface area (Å²) in [6.07, 6.45) is 80.0. The maximum absolute atomic E-state index is 12.9. The molecule has 1 unspecified atom stereocenters. The summed E-state index contributed by atoms with van der Waals surface area (Å²) < 4.78 is 16.9. The molecule has 0 aromatic carbocycles. The van der Waals surface area contributed by atoms with Crippen molar-refractivity contribution in [2.24, 2.45) is 0 Å². The highest BCUT2D eigenvalue weighted by Gasteiger charge is 2.19. The molecule has 0 aromatic rings. The fraction of sp³-hybridized carbons (Fsp3) is 0.841. The number of unbranched alkanes of at least 4 members (excludes halogenated alkanes) is 42. The topological polar surface area (TPSA) is 78.9 Å². The van der Waals surface area contributed by atoms with E-state index in [0.717, 1.165) is 96.3 Å². The quantitative estimate of drug-likeness (QED) is 0.0261. The predicted molar refractivity (Wildman–Crippen MR) is 325 cm³/mol. The Morgan fingerprint density at radius 2 is 0.507 bits per heavy atom. The van der Waals surface area contributed by atoms with Crippen molar-refractivity contribution in [2.45, 2.75) is 361 Å². The third-order valence-corrected chi connectivity index (χ3v) is 14.8. The Morgan fingerprint density at radius 3 is 0.840 bits per heavy atom. The van der Waals surface area contributed by atoms with Gasteiger partial charge < -0.3 is 14.2 Å². The van der Waals surface area contributed by atoms with Crippen LogP contribution in [0.5, 0.6) is 0 Å². The van der Waals surface area contributed by atoms with Crippen molar-refractivity contribution in [3.63, 3.8) is 0 Å². The number of carbonyl (C=O) groups excluding carboxylic acids is 3. The molecule has 0 spiro atoms. The highest BCUT2D eigenvalue weighted by Crippen LogP contribution is 2.18. The Kier molecular flexibility index (Phi) is 61.7. The summed E-state index contributed by atoms with van der Waals surface area (Å²) in [4.78, 5) is 38.2. The Labute approximate surface area is 467 Å². The molecular formula is C69H126O6. The van der Waals surface area contributed by atoms with Gasteiger partial charge in [0.1, 0.15) is 13.2 Å². The van der Waals surface area contributed by atoms with Gasteiger partial charge in [-0.2, -0.15) is 0 Å². The van der Waals surface area contributed by atoms with Crippen LogP contribution in [0.1, 0.15) is 355 Å². The summed E-state index contributed by atoms with van der Waals surface area (Å²) in [6.45, 7) is 6.58. The summed E-state index contributed by atoms with van der Waals surface area (Å²) in [5.41, 5.74) is 0. The molecule has 0 aliphatic heterocycles. The maximum atomic E-state index is 12.9. The Hall–Kier alpha value is -2.63. The van der Waals surface area contributed by atoms with Crippen LogP contribution in [-0.2, 0) is 28.6 Å². The zero-order chi connectivity index (χ0) is 54.3. The number of hydrogen-bond acceptors (Lipinski definition) is 6. The third-order valence-electron chi connectivity index (χ3n) is 14.8. The van der Waals surface area contributed by atoms with Crippen LogP contribution in [0.2, 0.25) is 0 Å². The molecule has 75 heavy (non-hydrogen) atoms.